The molecule has 0 fully saturated rings. The monoisotopic (exact) mass is 210 g/mol. The molecule has 2 unspecified atom stereocenters. The molecule has 0 saturated carbocycles. The molecule has 1 rings (SSSR count). The van der Waals surface area contributed by atoms with Crippen LogP contribution in [0.15, 0.2) is 30.3 Å². The summed E-state index contributed by atoms with van der Waals surface area (Å²) in [6.45, 7) is -0.146. The summed E-state index contributed by atoms with van der Waals surface area (Å²) in [5.41, 5.74) is 1.18. The minimum absolute atomic E-state index is 0.146. The molecule has 0 radical (unpaired) electrons. The third kappa shape index (κ3) is 4.00. The topological polar surface area (TPSA) is 49.7 Å². The van der Waals surface area contributed by atoms with Crippen molar-refractivity contribution < 1.29 is 14.9 Å². The van der Waals surface area contributed by atoms with Crippen molar-refractivity contribution in [1.29, 1.82) is 0 Å². The molecule has 0 saturated heterocycles. The molecule has 2 N–H and O–H groups in total. The van der Waals surface area contributed by atoms with E-state index in [1.54, 1.807) is 0 Å². The first-order valence-corrected chi connectivity index (χ1v) is 5.13. The zero-order chi connectivity index (χ0) is 11.1. The van der Waals surface area contributed by atoms with Gasteiger partial charge in [-0.05, 0) is 18.4 Å². The van der Waals surface area contributed by atoms with Gasteiger partial charge in [-0.2, -0.15) is 0 Å². The Morgan fingerprint density at radius 2 is 1.93 bits per heavy atom. The van der Waals surface area contributed by atoms with Crippen LogP contribution >= 0.6 is 0 Å². The minimum atomic E-state index is -0.611. The Morgan fingerprint density at radius 1 is 1.27 bits per heavy atom. The first-order chi connectivity index (χ1) is 7.27. The molecule has 0 aliphatic heterocycles. The van der Waals surface area contributed by atoms with Gasteiger partial charge >= 0.3 is 0 Å². The van der Waals surface area contributed by atoms with Crippen molar-refractivity contribution in [1.82, 2.24) is 0 Å². The molecule has 3 heteroatoms. The molecule has 0 amide bonds. The fourth-order valence-electron chi connectivity index (χ4n) is 1.50. The van der Waals surface area contributed by atoms with E-state index in [1.165, 1.54) is 12.7 Å². The van der Waals surface area contributed by atoms with Gasteiger partial charge in [0.05, 0.1) is 12.7 Å². The van der Waals surface area contributed by atoms with Crippen molar-refractivity contribution in [2.45, 2.75) is 25.0 Å². The molecule has 0 aliphatic carbocycles. The highest BCUT2D eigenvalue weighted by Gasteiger charge is 2.16. The van der Waals surface area contributed by atoms with E-state index in [0.29, 0.717) is 6.42 Å². The van der Waals surface area contributed by atoms with Gasteiger partial charge < -0.3 is 14.9 Å². The Hall–Kier alpha value is -0.900. The second-order valence-electron chi connectivity index (χ2n) is 3.55. The zero-order valence-corrected chi connectivity index (χ0v) is 8.97. The highest BCUT2D eigenvalue weighted by Crippen LogP contribution is 2.08. The lowest BCUT2D eigenvalue weighted by atomic mass is 10.0. The van der Waals surface area contributed by atoms with Crippen LogP contribution in [0.5, 0.6) is 0 Å². The number of aliphatic hydroxyl groups excluding tert-OH is 2. The van der Waals surface area contributed by atoms with Crippen LogP contribution in [0.2, 0.25) is 0 Å². The van der Waals surface area contributed by atoms with E-state index < -0.39 is 12.2 Å². The van der Waals surface area contributed by atoms with E-state index in [1.807, 2.05) is 30.3 Å². The average Bonchev–Trinajstić information content (AvgIpc) is 2.29. The molecule has 3 nitrogen and oxygen atoms in total. The van der Waals surface area contributed by atoms with Gasteiger partial charge in [0.2, 0.25) is 0 Å². The van der Waals surface area contributed by atoms with Crippen LogP contribution in [0, 0.1) is 0 Å². The largest absolute Gasteiger partial charge is 0.394 e. The lowest BCUT2D eigenvalue weighted by molar-refractivity contribution is -0.0435. The van der Waals surface area contributed by atoms with Crippen LogP contribution in [0.3, 0.4) is 0 Å². The number of methoxy groups -OCH3 is 1. The molecule has 0 bridgehead atoms. The van der Waals surface area contributed by atoms with Gasteiger partial charge in [-0.25, -0.2) is 0 Å². The van der Waals surface area contributed by atoms with Gasteiger partial charge in [0.15, 0.2) is 0 Å². The molecule has 0 heterocycles. The summed E-state index contributed by atoms with van der Waals surface area (Å²) in [4.78, 5) is 0. The smallest absolute Gasteiger partial charge is 0.106 e. The molecular weight excluding hydrogens is 192 g/mol. The maximum Gasteiger partial charge on any atom is 0.106 e. The van der Waals surface area contributed by atoms with Crippen molar-refractivity contribution in [2.75, 3.05) is 13.7 Å². The highest BCUT2D eigenvalue weighted by molar-refractivity contribution is 5.14. The lowest BCUT2D eigenvalue weighted by Crippen LogP contribution is -2.31. The summed E-state index contributed by atoms with van der Waals surface area (Å²) >= 11 is 0. The summed E-state index contributed by atoms with van der Waals surface area (Å²) in [7, 11) is 1.49. The predicted molar refractivity (Wildman–Crippen MR) is 58.7 cm³/mol. The van der Waals surface area contributed by atoms with E-state index in [4.69, 9.17) is 9.84 Å². The van der Waals surface area contributed by atoms with Crippen molar-refractivity contribution in [3.8, 4) is 0 Å². The Labute approximate surface area is 90.3 Å². The SMILES string of the molecule is COC(CO)C(O)CCc1ccccc1. The van der Waals surface area contributed by atoms with Crippen LogP contribution < -0.4 is 0 Å². The summed E-state index contributed by atoms with van der Waals surface area (Å²) in [5, 5.41) is 18.6. The number of ether oxygens (including phenoxy) is 1. The second kappa shape index (κ2) is 6.56. The predicted octanol–water partition coefficient (Wildman–Crippen LogP) is 0.987. The summed E-state index contributed by atoms with van der Waals surface area (Å²) in [6.07, 6.45) is 0.305. The van der Waals surface area contributed by atoms with Crippen LogP contribution in [0.1, 0.15) is 12.0 Å². The summed E-state index contributed by atoms with van der Waals surface area (Å²) in [5.74, 6) is 0. The third-order valence-corrected chi connectivity index (χ3v) is 2.48. The minimum Gasteiger partial charge on any atom is -0.394 e. The van der Waals surface area contributed by atoms with Crippen molar-refractivity contribution in [3.63, 3.8) is 0 Å². The zero-order valence-electron chi connectivity index (χ0n) is 8.97. The lowest BCUT2D eigenvalue weighted by Gasteiger charge is -2.19. The van der Waals surface area contributed by atoms with Gasteiger partial charge in [0, 0.05) is 7.11 Å². The van der Waals surface area contributed by atoms with Crippen LogP contribution in [0.4, 0.5) is 0 Å². The molecule has 1 aromatic rings. The average molecular weight is 210 g/mol. The number of rotatable bonds is 6. The number of aryl methyl sites for hydroxylation is 1. The summed E-state index contributed by atoms with van der Waals surface area (Å²) in [6, 6.07) is 9.95. The number of benzene rings is 1. The molecular formula is C12H18O3. The highest BCUT2D eigenvalue weighted by atomic mass is 16.5. The number of hydrogen-bond donors (Lipinski definition) is 2. The Bertz CT molecular complexity index is 257. The maximum atomic E-state index is 9.69. The molecule has 0 spiro atoms. The quantitative estimate of drug-likeness (QED) is 0.736. The Kier molecular flexibility index (Phi) is 5.32. The molecule has 84 valence electrons. The van der Waals surface area contributed by atoms with Crippen LogP contribution in [0.25, 0.3) is 0 Å². The maximum absolute atomic E-state index is 9.69. The van der Waals surface area contributed by atoms with Crippen molar-refractivity contribution in [3.05, 3.63) is 35.9 Å². The number of aliphatic hydroxyl groups is 2. The Balaban J connectivity index is 2.36. The molecule has 1 aromatic carbocycles. The van der Waals surface area contributed by atoms with Gasteiger partial charge in [-0.15, -0.1) is 0 Å². The third-order valence-electron chi connectivity index (χ3n) is 2.48. The first-order valence-electron chi connectivity index (χ1n) is 5.13. The molecule has 15 heavy (non-hydrogen) atoms. The molecule has 0 aromatic heterocycles. The van der Waals surface area contributed by atoms with E-state index >= 15 is 0 Å². The summed E-state index contributed by atoms with van der Waals surface area (Å²) < 4.78 is 4.95. The molecule has 0 aliphatic rings. The van der Waals surface area contributed by atoms with Gasteiger partial charge in [0.1, 0.15) is 6.10 Å². The van der Waals surface area contributed by atoms with Crippen molar-refractivity contribution in [2.24, 2.45) is 0 Å². The van der Waals surface area contributed by atoms with Gasteiger partial charge in [0.25, 0.3) is 0 Å². The Morgan fingerprint density at radius 3 is 2.47 bits per heavy atom. The van der Waals surface area contributed by atoms with Crippen LogP contribution in [-0.2, 0) is 11.2 Å². The van der Waals surface area contributed by atoms with E-state index in [-0.39, 0.29) is 6.61 Å². The van der Waals surface area contributed by atoms with Gasteiger partial charge in [-0.3, -0.25) is 0 Å². The fourth-order valence-corrected chi connectivity index (χ4v) is 1.50. The van der Waals surface area contributed by atoms with E-state index in [0.717, 1.165) is 6.42 Å². The van der Waals surface area contributed by atoms with E-state index in [2.05, 4.69) is 0 Å². The van der Waals surface area contributed by atoms with E-state index in [9.17, 15) is 5.11 Å². The van der Waals surface area contributed by atoms with Crippen molar-refractivity contribution >= 4 is 0 Å². The van der Waals surface area contributed by atoms with Crippen LogP contribution in [-0.4, -0.2) is 36.1 Å². The first kappa shape index (κ1) is 12.2. The fraction of sp³-hybridized carbons (Fsp3) is 0.500. The second-order valence-corrected chi connectivity index (χ2v) is 3.55. The number of hydrogen-bond acceptors (Lipinski definition) is 3. The van der Waals surface area contributed by atoms with Gasteiger partial charge in [-0.1, -0.05) is 30.3 Å². The standard InChI is InChI=1S/C12H18O3/c1-15-12(9-13)11(14)8-7-10-5-3-2-4-6-10/h2-6,11-14H,7-9H2,1H3. The molecule has 2 atom stereocenters. The normalized spacial score (nSPS) is 14.9.